The fraction of sp³-hybridized carbons (Fsp3) is 0.600. The molecule has 1 heterocycles. The SMILES string of the molecule is CNCc1ccc(C)c(S(=O)(=O)N2CC(C)OCC2C)c1. The first kappa shape index (κ1) is 16.4. The number of hydrogen-bond donors (Lipinski definition) is 1. The Morgan fingerprint density at radius 2 is 2.10 bits per heavy atom. The van der Waals surface area contributed by atoms with Gasteiger partial charge in [0.05, 0.1) is 17.6 Å². The van der Waals surface area contributed by atoms with E-state index < -0.39 is 10.0 Å². The predicted octanol–water partition coefficient (Wildman–Crippen LogP) is 1.51. The van der Waals surface area contributed by atoms with E-state index in [-0.39, 0.29) is 12.1 Å². The second-order valence-corrected chi connectivity index (χ2v) is 7.56. The van der Waals surface area contributed by atoms with Gasteiger partial charge >= 0.3 is 0 Å². The topological polar surface area (TPSA) is 58.6 Å². The van der Waals surface area contributed by atoms with E-state index in [0.29, 0.717) is 24.6 Å². The van der Waals surface area contributed by atoms with Crippen LogP contribution in [0.1, 0.15) is 25.0 Å². The number of benzene rings is 1. The van der Waals surface area contributed by atoms with Crippen molar-refractivity contribution >= 4 is 10.0 Å². The molecule has 0 spiro atoms. The van der Waals surface area contributed by atoms with Crippen LogP contribution in [-0.2, 0) is 21.3 Å². The maximum Gasteiger partial charge on any atom is 0.243 e. The Bertz CT molecular complexity index is 601. The summed E-state index contributed by atoms with van der Waals surface area (Å²) in [5, 5.41) is 3.05. The number of sulfonamides is 1. The van der Waals surface area contributed by atoms with Gasteiger partial charge < -0.3 is 10.1 Å². The Morgan fingerprint density at radius 1 is 1.38 bits per heavy atom. The van der Waals surface area contributed by atoms with Gasteiger partial charge in [0, 0.05) is 19.1 Å². The Kier molecular flexibility index (Phi) is 5.03. The Labute approximate surface area is 127 Å². The van der Waals surface area contributed by atoms with Gasteiger partial charge in [-0.1, -0.05) is 12.1 Å². The zero-order valence-corrected chi connectivity index (χ0v) is 13.9. The molecule has 1 fully saturated rings. The molecule has 1 saturated heterocycles. The molecule has 0 aromatic heterocycles. The van der Waals surface area contributed by atoms with Crippen LogP contribution in [0.3, 0.4) is 0 Å². The highest BCUT2D eigenvalue weighted by atomic mass is 32.2. The maximum atomic E-state index is 13.0. The Hall–Kier alpha value is -0.950. The molecule has 0 saturated carbocycles. The van der Waals surface area contributed by atoms with Crippen molar-refractivity contribution in [2.24, 2.45) is 0 Å². The number of ether oxygens (including phenoxy) is 1. The van der Waals surface area contributed by atoms with Gasteiger partial charge in [-0.3, -0.25) is 0 Å². The minimum Gasteiger partial charge on any atom is -0.375 e. The van der Waals surface area contributed by atoms with Crippen LogP contribution in [0.5, 0.6) is 0 Å². The number of rotatable bonds is 4. The van der Waals surface area contributed by atoms with Crippen LogP contribution in [0, 0.1) is 6.92 Å². The highest BCUT2D eigenvalue weighted by Crippen LogP contribution is 2.25. The molecule has 0 aliphatic carbocycles. The first-order valence-electron chi connectivity index (χ1n) is 7.24. The molecule has 0 bridgehead atoms. The maximum absolute atomic E-state index is 13.0. The van der Waals surface area contributed by atoms with E-state index in [1.807, 2.05) is 40.0 Å². The fourth-order valence-corrected chi connectivity index (χ4v) is 4.54. The third-order valence-electron chi connectivity index (χ3n) is 3.77. The summed E-state index contributed by atoms with van der Waals surface area (Å²) in [6, 6.07) is 5.46. The van der Waals surface area contributed by atoms with Crippen molar-refractivity contribution in [1.29, 1.82) is 0 Å². The molecule has 0 radical (unpaired) electrons. The molecular weight excluding hydrogens is 288 g/mol. The van der Waals surface area contributed by atoms with Gasteiger partial charge in [-0.15, -0.1) is 0 Å². The van der Waals surface area contributed by atoms with E-state index in [1.54, 1.807) is 10.4 Å². The van der Waals surface area contributed by atoms with Gasteiger partial charge in [-0.05, 0) is 45.0 Å². The van der Waals surface area contributed by atoms with Gasteiger partial charge in [0.15, 0.2) is 0 Å². The lowest BCUT2D eigenvalue weighted by molar-refractivity contribution is -0.0170. The van der Waals surface area contributed by atoms with Gasteiger partial charge in [-0.25, -0.2) is 8.42 Å². The highest BCUT2D eigenvalue weighted by molar-refractivity contribution is 7.89. The molecule has 1 aromatic rings. The second-order valence-electron chi connectivity index (χ2n) is 5.70. The first-order valence-corrected chi connectivity index (χ1v) is 8.68. The molecule has 2 atom stereocenters. The third-order valence-corrected chi connectivity index (χ3v) is 5.89. The van der Waals surface area contributed by atoms with E-state index in [2.05, 4.69) is 5.32 Å². The van der Waals surface area contributed by atoms with Gasteiger partial charge in [0.2, 0.25) is 10.0 Å². The Morgan fingerprint density at radius 3 is 2.76 bits per heavy atom. The standard InChI is InChI=1S/C15H24N2O3S/c1-11-5-6-14(8-16-4)7-15(11)21(18,19)17-9-13(3)20-10-12(17)2/h5-7,12-13,16H,8-10H2,1-4H3. The quantitative estimate of drug-likeness (QED) is 0.915. The zero-order chi connectivity index (χ0) is 15.6. The van der Waals surface area contributed by atoms with Crippen molar-refractivity contribution < 1.29 is 13.2 Å². The van der Waals surface area contributed by atoms with Crippen LogP contribution >= 0.6 is 0 Å². The largest absolute Gasteiger partial charge is 0.375 e. The fourth-order valence-electron chi connectivity index (χ4n) is 2.57. The molecule has 1 N–H and O–H groups in total. The van der Waals surface area contributed by atoms with Crippen molar-refractivity contribution in [2.45, 2.75) is 44.4 Å². The summed E-state index contributed by atoms with van der Waals surface area (Å²) in [7, 11) is -1.64. The summed E-state index contributed by atoms with van der Waals surface area (Å²) in [6.45, 7) is 7.12. The Balaban J connectivity index is 2.40. The molecule has 5 nitrogen and oxygen atoms in total. The lowest BCUT2D eigenvalue weighted by atomic mass is 10.1. The number of hydrogen-bond acceptors (Lipinski definition) is 4. The number of nitrogens with one attached hydrogen (secondary N) is 1. The van der Waals surface area contributed by atoms with E-state index in [4.69, 9.17) is 4.74 Å². The summed E-state index contributed by atoms with van der Waals surface area (Å²) >= 11 is 0. The van der Waals surface area contributed by atoms with Crippen molar-refractivity contribution in [3.63, 3.8) is 0 Å². The van der Waals surface area contributed by atoms with E-state index in [1.165, 1.54) is 0 Å². The van der Waals surface area contributed by atoms with Crippen molar-refractivity contribution in [3.05, 3.63) is 29.3 Å². The summed E-state index contributed by atoms with van der Waals surface area (Å²) in [4.78, 5) is 0.399. The molecule has 6 heteroatoms. The lowest BCUT2D eigenvalue weighted by Crippen LogP contribution is -2.50. The predicted molar refractivity (Wildman–Crippen MR) is 82.7 cm³/mol. The molecule has 1 aromatic carbocycles. The molecule has 1 aliphatic rings. The average Bonchev–Trinajstić information content (AvgIpc) is 2.43. The van der Waals surface area contributed by atoms with Crippen LogP contribution in [0.15, 0.2) is 23.1 Å². The minimum absolute atomic E-state index is 0.0724. The number of nitrogens with zero attached hydrogens (tertiary/aromatic N) is 1. The van der Waals surface area contributed by atoms with Crippen molar-refractivity contribution in [2.75, 3.05) is 20.2 Å². The van der Waals surface area contributed by atoms with E-state index >= 15 is 0 Å². The summed E-state index contributed by atoms with van der Waals surface area (Å²) in [5.41, 5.74) is 1.75. The molecule has 1 aliphatic heterocycles. The lowest BCUT2D eigenvalue weighted by Gasteiger charge is -2.36. The zero-order valence-electron chi connectivity index (χ0n) is 13.1. The molecule has 21 heavy (non-hydrogen) atoms. The van der Waals surface area contributed by atoms with Crippen LogP contribution < -0.4 is 5.32 Å². The van der Waals surface area contributed by atoms with Crippen LogP contribution in [0.25, 0.3) is 0 Å². The van der Waals surface area contributed by atoms with Gasteiger partial charge in [0.1, 0.15) is 0 Å². The molecule has 0 amide bonds. The third kappa shape index (κ3) is 3.45. The molecule has 2 rings (SSSR count). The molecule has 118 valence electrons. The summed E-state index contributed by atoms with van der Waals surface area (Å²) < 4.78 is 33.0. The van der Waals surface area contributed by atoms with Crippen LogP contribution in [0.4, 0.5) is 0 Å². The second kappa shape index (κ2) is 6.44. The van der Waals surface area contributed by atoms with Gasteiger partial charge in [0.25, 0.3) is 0 Å². The minimum atomic E-state index is -3.49. The number of morpholine rings is 1. The van der Waals surface area contributed by atoms with E-state index in [0.717, 1.165) is 11.1 Å². The monoisotopic (exact) mass is 312 g/mol. The molecule has 2 unspecified atom stereocenters. The van der Waals surface area contributed by atoms with Crippen LogP contribution in [0.2, 0.25) is 0 Å². The molecular formula is C15H24N2O3S. The first-order chi connectivity index (χ1) is 9.86. The van der Waals surface area contributed by atoms with Crippen LogP contribution in [-0.4, -0.2) is 45.1 Å². The summed E-state index contributed by atoms with van der Waals surface area (Å²) in [6.07, 6.45) is -0.0724. The normalized spacial score (nSPS) is 24.2. The number of aryl methyl sites for hydroxylation is 1. The van der Waals surface area contributed by atoms with Gasteiger partial charge in [-0.2, -0.15) is 4.31 Å². The van der Waals surface area contributed by atoms with Crippen molar-refractivity contribution in [1.82, 2.24) is 9.62 Å². The van der Waals surface area contributed by atoms with Crippen molar-refractivity contribution in [3.8, 4) is 0 Å². The summed E-state index contributed by atoms with van der Waals surface area (Å²) in [5.74, 6) is 0. The average molecular weight is 312 g/mol. The van der Waals surface area contributed by atoms with E-state index in [9.17, 15) is 8.42 Å². The highest BCUT2D eigenvalue weighted by Gasteiger charge is 2.34. The smallest absolute Gasteiger partial charge is 0.243 e.